The molecule has 0 N–H and O–H groups in total. The molecule has 17 heteroatoms. The average Bonchev–Trinajstić information content (AvgIpc) is 3.15. The zero-order valence-corrected chi connectivity index (χ0v) is 36.9. The van der Waals surface area contributed by atoms with Crippen LogP contribution in [0.4, 0.5) is 0 Å². The molecule has 0 aliphatic heterocycles. The molecule has 0 saturated carbocycles. The van der Waals surface area contributed by atoms with E-state index in [0.717, 1.165) is 23.0 Å². The minimum absolute atomic E-state index is 0. The van der Waals surface area contributed by atoms with E-state index in [-0.39, 0.29) is 38.6 Å². The first-order chi connectivity index (χ1) is 25.2. The maximum atomic E-state index is 5.33. The van der Waals surface area contributed by atoms with Gasteiger partial charge in [0.2, 0.25) is 0 Å². The first-order valence-corrected chi connectivity index (χ1v) is 18.5. The summed E-state index contributed by atoms with van der Waals surface area (Å²) >= 11 is 36.5. The minimum atomic E-state index is 0. The fraction of sp³-hybridized carbons (Fsp3) is 0.222. The summed E-state index contributed by atoms with van der Waals surface area (Å²) < 4.78 is 41.4. The Bertz CT molecular complexity index is 1280. The second kappa shape index (κ2) is 34.9. The van der Waals surface area contributed by atoms with Gasteiger partial charge in [0.05, 0.1) is 0 Å². The molecule has 0 aliphatic rings. The predicted molar refractivity (Wildman–Crippen MR) is 231 cm³/mol. The van der Waals surface area contributed by atoms with Crippen LogP contribution in [0.3, 0.4) is 0 Å². The first kappa shape index (κ1) is 50.2. The molecular weight excluding hydrogens is 1010 g/mol. The number of hydrogen-bond donors (Lipinski definition) is 0. The smallest absolute Gasteiger partial charge is 0.510 e. The van der Waals surface area contributed by atoms with Crippen molar-refractivity contribution >= 4 is 117 Å². The number of hydrogen-bond acceptors (Lipinski definition) is 16. The maximum Gasteiger partial charge on any atom is 4.00 e. The van der Waals surface area contributed by atoms with Gasteiger partial charge in [-0.05, 0) is 48.5 Å². The third-order valence-corrected chi connectivity index (χ3v) is 6.20. The van der Waals surface area contributed by atoms with Crippen molar-refractivity contribution in [2.45, 2.75) is 0 Å². The van der Waals surface area contributed by atoms with Crippen LogP contribution in [0.1, 0.15) is 0 Å². The molecule has 0 fully saturated rings. The van der Waals surface area contributed by atoms with Crippen LogP contribution < -0.4 is 18.9 Å². The van der Waals surface area contributed by atoms with Gasteiger partial charge in [-0.25, -0.2) is 0 Å². The van der Waals surface area contributed by atoms with E-state index in [1.165, 1.54) is 0 Å². The van der Waals surface area contributed by atoms with Crippen molar-refractivity contribution in [3.05, 3.63) is 121 Å². The van der Waals surface area contributed by atoms with Crippen LogP contribution in [-0.4, -0.2) is 70.4 Å². The van der Waals surface area contributed by atoms with Gasteiger partial charge in [0.1, 0.15) is 75.9 Å². The van der Waals surface area contributed by atoms with Crippen molar-refractivity contribution in [2.24, 2.45) is 0 Å². The van der Waals surface area contributed by atoms with E-state index < -0.39 is 0 Å². The molecule has 286 valence electrons. The Morgan fingerprint density at radius 2 is 0.491 bits per heavy atom. The fourth-order valence-electron chi connectivity index (χ4n) is 3.20. The van der Waals surface area contributed by atoms with Gasteiger partial charge in [0.25, 0.3) is 0 Å². The molecule has 0 bridgehead atoms. The number of rotatable bonds is 16. The average molecular weight is 1050 g/mol. The molecule has 0 unspecified atom stereocenters. The molecule has 0 atom stereocenters. The normalized spacial score (nSPS) is 9.06. The molecule has 4 aromatic carbocycles. The quantitative estimate of drug-likeness (QED) is 0.0627. The summed E-state index contributed by atoms with van der Waals surface area (Å²) in [5.41, 5.74) is 0. The Kier molecular flexibility index (Phi) is 33.1. The summed E-state index contributed by atoms with van der Waals surface area (Å²) in [7, 11) is 0. The predicted octanol–water partition coefficient (Wildman–Crippen LogP) is 7.65. The Balaban J connectivity index is 0.000000676. The van der Waals surface area contributed by atoms with Crippen molar-refractivity contribution in [3.8, 4) is 23.0 Å². The zero-order chi connectivity index (χ0) is 38.1. The van der Waals surface area contributed by atoms with E-state index in [2.05, 4.69) is 99.4 Å². The molecule has 8 nitrogen and oxygen atoms in total. The van der Waals surface area contributed by atoms with Crippen molar-refractivity contribution in [2.75, 3.05) is 52.9 Å². The Labute approximate surface area is 369 Å². The van der Waals surface area contributed by atoms with Gasteiger partial charge < -0.3 is 137 Å². The van der Waals surface area contributed by atoms with E-state index in [1.807, 2.05) is 121 Å². The number of para-hydroxylation sites is 4. The molecular formula is C36H36O8PtS8. The molecule has 4 rings (SSSR count). The summed E-state index contributed by atoms with van der Waals surface area (Å²) in [6.45, 7) is 3.44. The van der Waals surface area contributed by atoms with Crippen molar-refractivity contribution in [3.63, 3.8) is 0 Å². The van der Waals surface area contributed by atoms with Gasteiger partial charge >= 0.3 is 21.1 Å². The molecule has 0 aliphatic carbocycles. The standard InChI is InChI=1S/4C9H10O2S2.Pt/c4*12-9(13)11-7-6-10-8-4-2-1-3-5-8;/h4*1-5H,6-7H2,(H,12,13);/q;;;;+4/p-4. The largest absolute Gasteiger partial charge is 4.00 e. The fourth-order valence-corrected chi connectivity index (χ4v) is 3.87. The summed E-state index contributed by atoms with van der Waals surface area (Å²) in [5.74, 6) is 3.28. The summed E-state index contributed by atoms with van der Waals surface area (Å²) in [6.07, 6.45) is 0. The number of ether oxygens (including phenoxy) is 8. The number of benzene rings is 4. The molecule has 0 radical (unpaired) electrons. The topological polar surface area (TPSA) is 73.8 Å². The molecule has 0 saturated heterocycles. The SMILES string of the molecule is S=C([S-])OCCOc1ccccc1.S=C([S-])OCCOc1ccccc1.S=C([S-])OCCOc1ccccc1.S=C([S-])OCCOc1ccccc1.[Pt+4]. The van der Waals surface area contributed by atoms with Gasteiger partial charge in [-0.1, -0.05) is 72.8 Å². The van der Waals surface area contributed by atoms with Gasteiger partial charge in [0.15, 0.2) is 0 Å². The Morgan fingerprint density at radius 1 is 0.321 bits per heavy atom. The molecule has 4 aromatic rings. The van der Waals surface area contributed by atoms with E-state index in [1.54, 1.807) is 0 Å². The second-order valence-electron chi connectivity index (χ2n) is 9.04. The Hall–Kier alpha value is -2.79. The van der Waals surface area contributed by atoms with Crippen LogP contribution in [0.2, 0.25) is 0 Å². The molecule has 53 heavy (non-hydrogen) atoms. The van der Waals surface area contributed by atoms with Crippen LogP contribution in [0.15, 0.2) is 121 Å². The third-order valence-electron chi connectivity index (χ3n) is 5.26. The summed E-state index contributed by atoms with van der Waals surface area (Å²) in [4.78, 5) is 0. The minimum Gasteiger partial charge on any atom is -0.510 e. The molecule has 0 aromatic heterocycles. The van der Waals surface area contributed by atoms with Crippen molar-refractivity contribution in [1.82, 2.24) is 0 Å². The van der Waals surface area contributed by atoms with E-state index in [9.17, 15) is 0 Å². The first-order valence-electron chi connectivity index (χ1n) is 15.2. The van der Waals surface area contributed by atoms with Crippen LogP contribution in [0.25, 0.3) is 0 Å². The second-order valence-corrected chi connectivity index (χ2v) is 13.0. The molecule has 0 spiro atoms. The van der Waals surface area contributed by atoms with E-state index in [4.69, 9.17) is 37.9 Å². The van der Waals surface area contributed by atoms with E-state index >= 15 is 0 Å². The van der Waals surface area contributed by atoms with Crippen LogP contribution in [-0.2, 0) is 90.5 Å². The maximum absolute atomic E-state index is 5.33. The Morgan fingerprint density at radius 3 is 0.642 bits per heavy atom. The third kappa shape index (κ3) is 33.5. The van der Waals surface area contributed by atoms with Gasteiger partial charge in [-0.3, -0.25) is 0 Å². The number of thiocarbonyl (C=S) groups is 4. The van der Waals surface area contributed by atoms with Crippen LogP contribution in [0.5, 0.6) is 23.0 Å². The van der Waals surface area contributed by atoms with Crippen molar-refractivity contribution in [1.29, 1.82) is 0 Å². The van der Waals surface area contributed by atoms with Crippen LogP contribution in [0, 0.1) is 0 Å². The van der Waals surface area contributed by atoms with Gasteiger partial charge in [-0.2, -0.15) is 0 Å². The monoisotopic (exact) mass is 1050 g/mol. The van der Waals surface area contributed by atoms with Crippen LogP contribution >= 0.6 is 48.9 Å². The molecule has 0 amide bonds. The van der Waals surface area contributed by atoms with Gasteiger partial charge in [0, 0.05) is 17.5 Å². The van der Waals surface area contributed by atoms with E-state index in [0.29, 0.717) is 52.9 Å². The summed E-state index contributed by atoms with van der Waals surface area (Å²) in [5, 5.41) is 0. The summed E-state index contributed by atoms with van der Waals surface area (Å²) in [6, 6.07) is 38.1. The van der Waals surface area contributed by atoms with Crippen molar-refractivity contribution < 1.29 is 59.0 Å². The van der Waals surface area contributed by atoms with Gasteiger partial charge in [-0.15, -0.1) is 0 Å². The zero-order valence-electron chi connectivity index (χ0n) is 28.1. The molecule has 0 heterocycles.